The van der Waals surface area contributed by atoms with Crippen molar-refractivity contribution in [3.8, 4) is 0 Å². The fraction of sp³-hybridized carbons (Fsp3) is 0.304. The molecule has 0 fully saturated rings. The van der Waals surface area contributed by atoms with Crippen molar-refractivity contribution in [1.29, 1.82) is 0 Å². The summed E-state index contributed by atoms with van der Waals surface area (Å²) in [6.07, 6.45) is 5.18. The number of furan rings is 1. The summed E-state index contributed by atoms with van der Waals surface area (Å²) in [7, 11) is 0. The van der Waals surface area contributed by atoms with Crippen LogP contribution in [0.25, 0.3) is 0 Å². The average Bonchev–Trinajstić information content (AvgIpc) is 3.14. The van der Waals surface area contributed by atoms with Crippen LogP contribution in [-0.2, 0) is 0 Å². The summed E-state index contributed by atoms with van der Waals surface area (Å²) < 4.78 is 5.72. The van der Waals surface area contributed by atoms with Crippen LogP contribution < -0.4 is 0 Å². The minimum Gasteiger partial charge on any atom is -0.469 e. The molecule has 0 N–H and O–H groups in total. The third-order valence-corrected chi connectivity index (χ3v) is 5.19. The molecule has 2 heteroatoms. The van der Waals surface area contributed by atoms with E-state index in [0.29, 0.717) is 11.8 Å². The van der Waals surface area contributed by atoms with E-state index in [1.54, 1.807) is 6.26 Å². The summed E-state index contributed by atoms with van der Waals surface area (Å²) >= 11 is 5.99. The SMILES string of the molecule is Cc1ccc(C(CCCC(C)c2ccc(Cl)cc2)c2ccco2)cc1. The Hall–Kier alpha value is -1.99. The molecule has 0 aliphatic heterocycles. The van der Waals surface area contributed by atoms with E-state index in [2.05, 4.69) is 56.3 Å². The van der Waals surface area contributed by atoms with Crippen LogP contribution >= 0.6 is 11.6 Å². The zero-order chi connectivity index (χ0) is 17.6. The lowest BCUT2D eigenvalue weighted by molar-refractivity contribution is 0.459. The molecule has 0 aliphatic rings. The molecule has 1 heterocycles. The monoisotopic (exact) mass is 352 g/mol. The number of aryl methyl sites for hydroxylation is 1. The Morgan fingerprint density at radius 2 is 1.56 bits per heavy atom. The number of hydrogen-bond donors (Lipinski definition) is 0. The Morgan fingerprint density at radius 3 is 2.20 bits per heavy atom. The van der Waals surface area contributed by atoms with Gasteiger partial charge in [0.2, 0.25) is 0 Å². The second kappa shape index (κ2) is 8.40. The van der Waals surface area contributed by atoms with Gasteiger partial charge in [-0.2, -0.15) is 0 Å². The highest BCUT2D eigenvalue weighted by atomic mass is 35.5. The first-order valence-electron chi connectivity index (χ1n) is 8.99. The molecule has 0 radical (unpaired) electrons. The van der Waals surface area contributed by atoms with Crippen molar-refractivity contribution >= 4 is 11.6 Å². The predicted molar refractivity (Wildman–Crippen MR) is 105 cm³/mol. The van der Waals surface area contributed by atoms with Gasteiger partial charge in [-0.05, 0) is 61.1 Å². The standard InChI is InChI=1S/C23H25ClO/c1-17-8-10-20(11-9-17)22(23-7-4-16-25-23)6-3-5-18(2)19-12-14-21(24)15-13-19/h4,7-16,18,22H,3,5-6H2,1-2H3. The van der Waals surface area contributed by atoms with E-state index in [4.69, 9.17) is 16.0 Å². The molecule has 0 bridgehead atoms. The molecule has 2 aromatic carbocycles. The summed E-state index contributed by atoms with van der Waals surface area (Å²) in [5.41, 5.74) is 3.98. The average molecular weight is 353 g/mol. The summed E-state index contributed by atoms with van der Waals surface area (Å²) in [5.74, 6) is 1.92. The molecular weight excluding hydrogens is 328 g/mol. The highest BCUT2D eigenvalue weighted by Crippen LogP contribution is 2.32. The van der Waals surface area contributed by atoms with Gasteiger partial charge in [0.05, 0.1) is 6.26 Å². The van der Waals surface area contributed by atoms with Crippen LogP contribution in [0.5, 0.6) is 0 Å². The summed E-state index contributed by atoms with van der Waals surface area (Å²) in [4.78, 5) is 0. The molecule has 1 aromatic heterocycles. The molecular formula is C23H25ClO. The second-order valence-electron chi connectivity index (χ2n) is 6.86. The van der Waals surface area contributed by atoms with Gasteiger partial charge in [0, 0.05) is 10.9 Å². The Labute approximate surface area is 155 Å². The quantitative estimate of drug-likeness (QED) is 0.433. The molecule has 0 saturated carbocycles. The minimum absolute atomic E-state index is 0.327. The summed E-state index contributed by atoms with van der Waals surface area (Å²) in [5, 5.41) is 0.799. The van der Waals surface area contributed by atoms with Crippen LogP contribution in [0, 0.1) is 6.92 Å². The maximum atomic E-state index is 5.99. The molecule has 0 spiro atoms. The molecule has 0 saturated heterocycles. The second-order valence-corrected chi connectivity index (χ2v) is 7.30. The van der Waals surface area contributed by atoms with E-state index >= 15 is 0 Å². The third kappa shape index (κ3) is 4.76. The van der Waals surface area contributed by atoms with Crippen LogP contribution in [0.15, 0.2) is 71.3 Å². The van der Waals surface area contributed by atoms with Crippen LogP contribution in [-0.4, -0.2) is 0 Å². The lowest BCUT2D eigenvalue weighted by Crippen LogP contribution is -2.02. The fourth-order valence-corrected chi connectivity index (χ4v) is 3.47. The van der Waals surface area contributed by atoms with Crippen molar-refractivity contribution < 1.29 is 4.42 Å². The van der Waals surface area contributed by atoms with Gasteiger partial charge in [-0.15, -0.1) is 0 Å². The van der Waals surface area contributed by atoms with Crippen molar-refractivity contribution in [2.24, 2.45) is 0 Å². The Bertz CT molecular complexity index is 757. The van der Waals surface area contributed by atoms with Gasteiger partial charge in [-0.3, -0.25) is 0 Å². The molecule has 0 aliphatic carbocycles. The lowest BCUT2D eigenvalue weighted by atomic mass is 9.88. The predicted octanol–water partition coefficient (Wildman–Crippen LogP) is 7.35. The maximum absolute atomic E-state index is 5.99. The van der Waals surface area contributed by atoms with Gasteiger partial charge in [0.1, 0.15) is 5.76 Å². The molecule has 0 amide bonds. The van der Waals surface area contributed by atoms with E-state index in [1.807, 2.05) is 18.2 Å². The van der Waals surface area contributed by atoms with E-state index in [-0.39, 0.29) is 0 Å². The first-order chi connectivity index (χ1) is 12.1. The van der Waals surface area contributed by atoms with Crippen molar-refractivity contribution in [3.63, 3.8) is 0 Å². The number of rotatable bonds is 7. The number of hydrogen-bond acceptors (Lipinski definition) is 1. The van der Waals surface area contributed by atoms with E-state index < -0.39 is 0 Å². The Kier molecular flexibility index (Phi) is 5.99. The minimum atomic E-state index is 0.327. The molecule has 25 heavy (non-hydrogen) atoms. The topological polar surface area (TPSA) is 13.1 Å². The number of benzene rings is 2. The molecule has 1 nitrogen and oxygen atoms in total. The zero-order valence-corrected chi connectivity index (χ0v) is 15.7. The van der Waals surface area contributed by atoms with Crippen molar-refractivity contribution in [1.82, 2.24) is 0 Å². The largest absolute Gasteiger partial charge is 0.469 e. The van der Waals surface area contributed by atoms with Gasteiger partial charge < -0.3 is 4.42 Å². The molecule has 3 aromatic rings. The highest BCUT2D eigenvalue weighted by Gasteiger charge is 2.17. The van der Waals surface area contributed by atoms with E-state index in [9.17, 15) is 0 Å². The van der Waals surface area contributed by atoms with Gasteiger partial charge in [0.15, 0.2) is 0 Å². The van der Waals surface area contributed by atoms with Gasteiger partial charge in [-0.25, -0.2) is 0 Å². The third-order valence-electron chi connectivity index (χ3n) is 4.94. The van der Waals surface area contributed by atoms with E-state index in [0.717, 1.165) is 30.0 Å². The van der Waals surface area contributed by atoms with Gasteiger partial charge in [-0.1, -0.05) is 66.9 Å². The fourth-order valence-electron chi connectivity index (χ4n) is 3.35. The maximum Gasteiger partial charge on any atom is 0.111 e. The lowest BCUT2D eigenvalue weighted by Gasteiger charge is -2.17. The van der Waals surface area contributed by atoms with Crippen molar-refractivity contribution in [2.45, 2.75) is 44.9 Å². The Morgan fingerprint density at radius 1 is 0.880 bits per heavy atom. The van der Waals surface area contributed by atoms with Crippen molar-refractivity contribution in [3.05, 3.63) is 94.4 Å². The van der Waals surface area contributed by atoms with Crippen LogP contribution in [0.1, 0.15) is 60.5 Å². The molecule has 3 rings (SSSR count). The Balaban J connectivity index is 1.65. The number of halogens is 1. The normalized spacial score (nSPS) is 13.6. The smallest absolute Gasteiger partial charge is 0.111 e. The van der Waals surface area contributed by atoms with Crippen LogP contribution in [0.4, 0.5) is 0 Å². The molecule has 2 unspecified atom stereocenters. The van der Waals surface area contributed by atoms with Crippen molar-refractivity contribution in [2.75, 3.05) is 0 Å². The molecule has 2 atom stereocenters. The van der Waals surface area contributed by atoms with Crippen LogP contribution in [0.3, 0.4) is 0 Å². The van der Waals surface area contributed by atoms with Gasteiger partial charge >= 0.3 is 0 Å². The van der Waals surface area contributed by atoms with E-state index in [1.165, 1.54) is 16.7 Å². The summed E-state index contributed by atoms with van der Waals surface area (Å²) in [6.45, 7) is 4.41. The molecule has 130 valence electrons. The summed E-state index contributed by atoms with van der Waals surface area (Å²) in [6, 6.07) is 21.1. The highest BCUT2D eigenvalue weighted by molar-refractivity contribution is 6.30. The van der Waals surface area contributed by atoms with Gasteiger partial charge in [0.25, 0.3) is 0 Å². The first kappa shape index (κ1) is 17.8. The zero-order valence-electron chi connectivity index (χ0n) is 14.9. The first-order valence-corrected chi connectivity index (χ1v) is 9.36. The van der Waals surface area contributed by atoms with Crippen LogP contribution in [0.2, 0.25) is 5.02 Å².